The van der Waals surface area contributed by atoms with E-state index in [9.17, 15) is 0 Å². The zero-order valence-corrected chi connectivity index (χ0v) is 20.9. The first-order valence-electron chi connectivity index (χ1n) is 11.9. The highest BCUT2D eigenvalue weighted by Crippen LogP contribution is 2.32. The number of thiazole rings is 1. The van der Waals surface area contributed by atoms with Crippen molar-refractivity contribution in [3.8, 4) is 11.3 Å². The van der Waals surface area contributed by atoms with Crippen molar-refractivity contribution in [1.29, 1.82) is 0 Å². The minimum absolute atomic E-state index is 0.448. The first kappa shape index (κ1) is 22.7. The monoisotopic (exact) mass is 445 g/mol. The van der Waals surface area contributed by atoms with Gasteiger partial charge in [0.1, 0.15) is 0 Å². The predicted octanol–water partition coefficient (Wildman–Crippen LogP) is 7.32. The van der Waals surface area contributed by atoms with Crippen molar-refractivity contribution in [2.24, 2.45) is 4.99 Å². The number of nitrogens with zero attached hydrogens (tertiary/aromatic N) is 3. The van der Waals surface area contributed by atoms with Crippen molar-refractivity contribution in [2.45, 2.75) is 65.7 Å². The van der Waals surface area contributed by atoms with Crippen LogP contribution in [0.5, 0.6) is 0 Å². The topological polar surface area (TPSA) is 28.5 Å². The normalized spacial score (nSPS) is 13.7. The minimum atomic E-state index is 0.448. The molecule has 1 aromatic heterocycles. The van der Waals surface area contributed by atoms with Crippen LogP contribution in [0.25, 0.3) is 11.3 Å². The lowest BCUT2D eigenvalue weighted by atomic mass is 9.90. The van der Waals surface area contributed by atoms with Crippen LogP contribution in [0.15, 0.2) is 40.7 Å². The summed E-state index contributed by atoms with van der Waals surface area (Å²) >= 11 is 1.78. The van der Waals surface area contributed by atoms with Gasteiger partial charge in [-0.3, -0.25) is 0 Å². The first-order chi connectivity index (χ1) is 15.4. The van der Waals surface area contributed by atoms with Gasteiger partial charge in [-0.15, -0.1) is 11.3 Å². The van der Waals surface area contributed by atoms with Crippen molar-refractivity contribution in [1.82, 2.24) is 9.88 Å². The average Bonchev–Trinajstić information content (AvgIpc) is 3.26. The molecular weight excluding hydrogens is 410 g/mol. The summed E-state index contributed by atoms with van der Waals surface area (Å²) in [5.74, 6) is 0.448. The lowest BCUT2D eigenvalue weighted by molar-refractivity contribution is 0.552. The van der Waals surface area contributed by atoms with Crippen LogP contribution in [-0.2, 0) is 19.3 Å². The molecule has 3 aromatic rings. The molecule has 1 aliphatic carbocycles. The van der Waals surface area contributed by atoms with E-state index in [-0.39, 0.29) is 0 Å². The van der Waals surface area contributed by atoms with Crippen molar-refractivity contribution < 1.29 is 0 Å². The van der Waals surface area contributed by atoms with Crippen molar-refractivity contribution in [3.05, 3.63) is 68.5 Å². The van der Waals surface area contributed by atoms with Gasteiger partial charge in [0.25, 0.3) is 0 Å². The summed E-state index contributed by atoms with van der Waals surface area (Å²) in [5, 5.41) is 3.40. The van der Waals surface area contributed by atoms with Crippen molar-refractivity contribution in [2.75, 3.05) is 13.6 Å². The van der Waals surface area contributed by atoms with Crippen LogP contribution >= 0.6 is 11.3 Å². The van der Waals surface area contributed by atoms with Crippen LogP contribution in [0.2, 0.25) is 0 Å². The molecule has 4 rings (SSSR count). The smallest absolute Gasteiger partial charge is 0.0976 e. The summed E-state index contributed by atoms with van der Waals surface area (Å²) in [4.78, 5) is 11.9. The third-order valence-electron chi connectivity index (χ3n) is 6.51. The fourth-order valence-electron chi connectivity index (χ4n) is 4.42. The highest BCUT2D eigenvalue weighted by Gasteiger charge is 2.15. The summed E-state index contributed by atoms with van der Waals surface area (Å²) in [6.45, 7) is 9.77. The second-order valence-corrected chi connectivity index (χ2v) is 10.2. The van der Waals surface area contributed by atoms with Crippen LogP contribution in [0.3, 0.4) is 0 Å². The Bertz CT molecular complexity index is 1110. The SMILES string of the molecule is CCN(C)/C=N/c1cc(C(C)C)c(Cc2nc(-c3ccc4c(c3)CCCC4)cs2)cc1C. The van der Waals surface area contributed by atoms with Crippen LogP contribution in [0.4, 0.5) is 5.69 Å². The second-order valence-electron chi connectivity index (χ2n) is 9.30. The number of aryl methyl sites for hydroxylation is 3. The Hall–Kier alpha value is -2.46. The number of aliphatic imine (C=N–C) groups is 1. The Morgan fingerprint density at radius 3 is 2.66 bits per heavy atom. The van der Waals surface area contributed by atoms with Gasteiger partial charge in [-0.25, -0.2) is 9.98 Å². The summed E-state index contributed by atoms with van der Waals surface area (Å²) in [6.07, 6.45) is 7.87. The maximum absolute atomic E-state index is 5.03. The molecule has 0 radical (unpaired) electrons. The highest BCUT2D eigenvalue weighted by molar-refractivity contribution is 7.10. The van der Waals surface area contributed by atoms with Gasteiger partial charge in [-0.2, -0.15) is 0 Å². The van der Waals surface area contributed by atoms with E-state index in [1.54, 1.807) is 11.3 Å². The molecule has 1 aliphatic rings. The second kappa shape index (κ2) is 9.99. The number of hydrogen-bond acceptors (Lipinski definition) is 3. The fourth-order valence-corrected chi connectivity index (χ4v) is 5.25. The van der Waals surface area contributed by atoms with E-state index in [0.29, 0.717) is 5.92 Å². The molecule has 2 aromatic carbocycles. The maximum Gasteiger partial charge on any atom is 0.0976 e. The molecule has 168 valence electrons. The largest absolute Gasteiger partial charge is 0.366 e. The summed E-state index contributed by atoms with van der Waals surface area (Å²) < 4.78 is 0. The van der Waals surface area contributed by atoms with E-state index in [2.05, 4.69) is 75.4 Å². The predicted molar refractivity (Wildman–Crippen MR) is 139 cm³/mol. The Morgan fingerprint density at radius 1 is 1.12 bits per heavy atom. The van der Waals surface area contributed by atoms with E-state index >= 15 is 0 Å². The highest BCUT2D eigenvalue weighted by atomic mass is 32.1. The molecule has 0 fully saturated rings. The van der Waals surface area contributed by atoms with Gasteiger partial charge in [0.2, 0.25) is 0 Å². The van der Waals surface area contributed by atoms with Crippen LogP contribution in [-0.4, -0.2) is 29.8 Å². The fraction of sp³-hybridized carbons (Fsp3) is 0.429. The molecule has 32 heavy (non-hydrogen) atoms. The molecule has 0 saturated heterocycles. The van der Waals surface area contributed by atoms with Gasteiger partial charge in [-0.1, -0.05) is 32.0 Å². The molecule has 0 amide bonds. The molecule has 0 spiro atoms. The van der Waals surface area contributed by atoms with E-state index in [1.165, 1.54) is 64.1 Å². The van der Waals surface area contributed by atoms with Gasteiger partial charge in [0, 0.05) is 31.0 Å². The molecule has 0 unspecified atom stereocenters. The zero-order valence-electron chi connectivity index (χ0n) is 20.1. The molecule has 0 bridgehead atoms. The molecule has 4 heteroatoms. The Labute approximate surface area is 197 Å². The third-order valence-corrected chi connectivity index (χ3v) is 7.36. The molecule has 1 heterocycles. The van der Waals surface area contributed by atoms with Crippen LogP contribution < -0.4 is 0 Å². The molecule has 0 saturated carbocycles. The zero-order chi connectivity index (χ0) is 22.7. The quantitative estimate of drug-likeness (QED) is 0.281. The maximum atomic E-state index is 5.03. The third kappa shape index (κ3) is 5.12. The van der Waals surface area contributed by atoms with Gasteiger partial charge >= 0.3 is 0 Å². The summed E-state index contributed by atoms with van der Waals surface area (Å²) in [5.41, 5.74) is 10.4. The molecule has 0 aliphatic heterocycles. The number of hydrogen-bond donors (Lipinski definition) is 0. The lowest BCUT2D eigenvalue weighted by Crippen LogP contribution is -2.14. The molecular formula is C28H35N3S. The van der Waals surface area contributed by atoms with E-state index in [4.69, 9.17) is 9.98 Å². The van der Waals surface area contributed by atoms with Gasteiger partial charge < -0.3 is 4.90 Å². The van der Waals surface area contributed by atoms with Gasteiger partial charge in [-0.05, 0) is 85.4 Å². The Kier molecular flexibility index (Phi) is 7.10. The number of fused-ring (bicyclic) bond motifs is 1. The van der Waals surface area contributed by atoms with E-state index in [0.717, 1.165) is 24.3 Å². The molecule has 0 N–H and O–H groups in total. The number of benzene rings is 2. The minimum Gasteiger partial charge on any atom is -0.366 e. The molecule has 3 nitrogen and oxygen atoms in total. The number of aromatic nitrogens is 1. The van der Waals surface area contributed by atoms with Crippen LogP contribution in [0.1, 0.15) is 72.4 Å². The number of rotatable bonds is 7. The summed E-state index contributed by atoms with van der Waals surface area (Å²) in [6, 6.07) is 11.5. The Morgan fingerprint density at radius 2 is 1.91 bits per heavy atom. The Balaban J connectivity index is 1.58. The lowest BCUT2D eigenvalue weighted by Gasteiger charge is -2.16. The molecule has 0 atom stereocenters. The van der Waals surface area contributed by atoms with E-state index < -0.39 is 0 Å². The summed E-state index contributed by atoms with van der Waals surface area (Å²) in [7, 11) is 2.05. The van der Waals surface area contributed by atoms with Gasteiger partial charge in [0.05, 0.1) is 22.7 Å². The first-order valence-corrected chi connectivity index (χ1v) is 12.8. The van der Waals surface area contributed by atoms with Gasteiger partial charge in [0.15, 0.2) is 0 Å². The van der Waals surface area contributed by atoms with Crippen molar-refractivity contribution in [3.63, 3.8) is 0 Å². The standard InChI is InChI=1S/C28H35N3S/c1-6-31(5)18-29-26-16-25(19(2)3)24(13-20(26)4)15-28-30-27(17-32-28)23-12-11-21-9-7-8-10-22(21)14-23/h11-14,16-19H,6-10,15H2,1-5H3/b29-18+. The van der Waals surface area contributed by atoms with E-state index in [1.807, 2.05) is 6.34 Å². The van der Waals surface area contributed by atoms with Crippen LogP contribution in [0, 0.1) is 6.92 Å². The van der Waals surface area contributed by atoms with Crippen molar-refractivity contribution >= 4 is 23.4 Å². The average molecular weight is 446 g/mol.